The summed E-state index contributed by atoms with van der Waals surface area (Å²) < 4.78 is 57.8. The van der Waals surface area contributed by atoms with Crippen LogP contribution >= 0.6 is 34.5 Å². The van der Waals surface area contributed by atoms with Gasteiger partial charge < -0.3 is 0 Å². The van der Waals surface area contributed by atoms with Gasteiger partial charge in [-0.15, -0.1) is 11.3 Å². The molecule has 33 heavy (non-hydrogen) atoms. The molecule has 13 heteroatoms. The largest absolute Gasteiger partial charge is 0.277 e. The predicted molar refractivity (Wildman–Crippen MR) is 131 cm³/mol. The summed E-state index contributed by atoms with van der Waals surface area (Å²) in [6.45, 7) is 1.85. The second-order valence-electron chi connectivity index (χ2n) is 6.85. The highest BCUT2D eigenvalue weighted by Gasteiger charge is 2.22. The van der Waals surface area contributed by atoms with E-state index in [1.807, 2.05) is 13.0 Å². The summed E-state index contributed by atoms with van der Waals surface area (Å²) in [6.07, 6.45) is 1.76. The minimum absolute atomic E-state index is 0.0340. The summed E-state index contributed by atoms with van der Waals surface area (Å²) in [4.78, 5) is -0.0340. The average Bonchev–Trinajstić information content (AvgIpc) is 3.44. The number of nitrogens with zero attached hydrogens (tertiary/aromatic N) is 2. The Bertz CT molecular complexity index is 1520. The van der Waals surface area contributed by atoms with E-state index in [9.17, 15) is 16.8 Å². The maximum absolute atomic E-state index is 13.0. The van der Waals surface area contributed by atoms with Crippen LogP contribution in [0.2, 0.25) is 10.0 Å². The lowest BCUT2D eigenvalue weighted by atomic mass is 10.3. The van der Waals surface area contributed by atoms with Gasteiger partial charge in [-0.1, -0.05) is 29.3 Å². The fourth-order valence-electron chi connectivity index (χ4n) is 2.87. The topological polar surface area (TPSA) is 110 Å². The van der Waals surface area contributed by atoms with Crippen molar-refractivity contribution in [2.75, 3.05) is 9.44 Å². The molecule has 0 saturated carbocycles. The maximum atomic E-state index is 13.0. The van der Waals surface area contributed by atoms with Gasteiger partial charge in [-0.2, -0.15) is 5.10 Å². The molecule has 2 aromatic heterocycles. The summed E-state index contributed by atoms with van der Waals surface area (Å²) in [7, 11) is -8.04. The minimum Gasteiger partial charge on any atom is -0.277 e. The molecule has 0 amide bonds. The Morgan fingerprint density at radius 2 is 1.48 bits per heavy atom. The first-order valence-electron chi connectivity index (χ1n) is 9.26. The molecule has 4 rings (SSSR count). The van der Waals surface area contributed by atoms with Crippen LogP contribution in [0.15, 0.2) is 75.3 Å². The van der Waals surface area contributed by atoms with E-state index in [1.54, 1.807) is 34.5 Å². The molecule has 2 N–H and O–H groups in total. The van der Waals surface area contributed by atoms with E-state index in [2.05, 4.69) is 14.5 Å². The molecule has 0 aliphatic rings. The van der Waals surface area contributed by atoms with Crippen LogP contribution < -0.4 is 9.44 Å². The normalized spacial score (nSPS) is 12.0. The maximum Gasteiger partial charge on any atom is 0.271 e. The summed E-state index contributed by atoms with van der Waals surface area (Å²) >= 11 is 13.1. The van der Waals surface area contributed by atoms with E-state index in [-0.39, 0.29) is 30.5 Å². The molecule has 0 aliphatic heterocycles. The number of aryl methyl sites for hydroxylation is 1. The standard InChI is InChI=1S/C20H16Cl2N4O4S3/c1-13-8-9-26(23-13)14-4-6-15(7-5-14)32(27,28)24-18-11-16(21)17(22)12-19(18)25-33(29,30)20-3-2-10-31-20/h2-12,24-25H,1H3. The van der Waals surface area contributed by atoms with Crippen molar-refractivity contribution < 1.29 is 16.8 Å². The van der Waals surface area contributed by atoms with Crippen LogP contribution in [-0.2, 0) is 20.0 Å². The number of benzene rings is 2. The van der Waals surface area contributed by atoms with E-state index in [4.69, 9.17) is 23.2 Å². The Morgan fingerprint density at radius 1 is 0.879 bits per heavy atom. The number of nitrogens with one attached hydrogen (secondary N) is 2. The first-order chi connectivity index (χ1) is 15.5. The van der Waals surface area contributed by atoms with Crippen LogP contribution in [0, 0.1) is 6.92 Å². The van der Waals surface area contributed by atoms with Crippen molar-refractivity contribution in [1.82, 2.24) is 9.78 Å². The van der Waals surface area contributed by atoms with Crippen molar-refractivity contribution >= 4 is 66.0 Å². The third-order valence-corrected chi connectivity index (χ3v) is 9.31. The quantitative estimate of drug-likeness (QED) is 0.335. The van der Waals surface area contributed by atoms with E-state index in [0.29, 0.717) is 5.69 Å². The van der Waals surface area contributed by atoms with Crippen molar-refractivity contribution in [2.24, 2.45) is 0 Å². The van der Waals surface area contributed by atoms with Gasteiger partial charge in [-0.25, -0.2) is 21.5 Å². The lowest BCUT2D eigenvalue weighted by Gasteiger charge is -2.15. The third kappa shape index (κ3) is 5.17. The second kappa shape index (κ2) is 8.99. The van der Waals surface area contributed by atoms with Crippen molar-refractivity contribution in [1.29, 1.82) is 0 Å². The van der Waals surface area contributed by atoms with Crippen molar-refractivity contribution in [2.45, 2.75) is 16.0 Å². The third-order valence-electron chi connectivity index (χ3n) is 4.44. The summed E-state index contributed by atoms with van der Waals surface area (Å²) in [5, 5.41) is 6.01. The highest BCUT2D eigenvalue weighted by Crippen LogP contribution is 2.35. The zero-order chi connectivity index (χ0) is 23.8. The molecular formula is C20H16Cl2N4O4S3. The molecule has 0 radical (unpaired) electrons. The number of rotatable bonds is 7. The van der Waals surface area contributed by atoms with Crippen LogP contribution in [0.3, 0.4) is 0 Å². The first-order valence-corrected chi connectivity index (χ1v) is 13.9. The van der Waals surface area contributed by atoms with Gasteiger partial charge in [0.1, 0.15) is 4.21 Å². The molecule has 0 atom stereocenters. The fourth-order valence-corrected chi connectivity index (χ4v) is 6.33. The zero-order valence-corrected chi connectivity index (χ0v) is 20.8. The molecule has 0 unspecified atom stereocenters. The molecule has 2 aromatic carbocycles. The highest BCUT2D eigenvalue weighted by atomic mass is 35.5. The molecule has 2 heterocycles. The number of halogens is 2. The fraction of sp³-hybridized carbons (Fsp3) is 0.0500. The lowest BCUT2D eigenvalue weighted by Crippen LogP contribution is -2.17. The van der Waals surface area contributed by atoms with Gasteiger partial charge in [0.25, 0.3) is 20.0 Å². The Balaban J connectivity index is 1.65. The second-order valence-corrected chi connectivity index (χ2v) is 12.2. The highest BCUT2D eigenvalue weighted by molar-refractivity contribution is 7.94. The zero-order valence-electron chi connectivity index (χ0n) is 16.9. The number of thiophene rings is 1. The first kappa shape index (κ1) is 23.6. The summed E-state index contributed by atoms with van der Waals surface area (Å²) in [5.41, 5.74) is 1.37. The Labute approximate surface area is 204 Å². The SMILES string of the molecule is Cc1ccn(-c2ccc(S(=O)(=O)Nc3cc(Cl)c(Cl)cc3NS(=O)(=O)c3cccs3)cc2)n1. The smallest absolute Gasteiger partial charge is 0.271 e. The molecule has 172 valence electrons. The Morgan fingerprint density at radius 3 is 2.00 bits per heavy atom. The molecule has 0 bridgehead atoms. The summed E-state index contributed by atoms with van der Waals surface area (Å²) in [5.74, 6) is 0. The van der Waals surface area contributed by atoms with Crippen molar-refractivity contribution in [3.05, 3.63) is 81.9 Å². The monoisotopic (exact) mass is 542 g/mol. The van der Waals surface area contributed by atoms with Gasteiger partial charge in [0.2, 0.25) is 0 Å². The molecule has 0 spiro atoms. The van der Waals surface area contributed by atoms with Gasteiger partial charge in [0, 0.05) is 6.20 Å². The van der Waals surface area contributed by atoms with Crippen LogP contribution in [0.1, 0.15) is 5.69 Å². The lowest BCUT2D eigenvalue weighted by molar-refractivity contribution is 0.599. The molecule has 0 aliphatic carbocycles. The van der Waals surface area contributed by atoms with Gasteiger partial charge in [-0.3, -0.25) is 9.44 Å². The number of hydrogen-bond donors (Lipinski definition) is 2. The Hall–Kier alpha value is -2.57. The molecular weight excluding hydrogens is 527 g/mol. The van der Waals surface area contributed by atoms with E-state index < -0.39 is 20.0 Å². The Kier molecular flexibility index (Phi) is 6.43. The van der Waals surface area contributed by atoms with Gasteiger partial charge in [0.15, 0.2) is 0 Å². The van der Waals surface area contributed by atoms with E-state index >= 15 is 0 Å². The van der Waals surface area contributed by atoms with E-state index in [0.717, 1.165) is 17.0 Å². The minimum atomic E-state index is -4.08. The molecule has 4 aromatic rings. The van der Waals surface area contributed by atoms with Crippen LogP contribution in [-0.4, -0.2) is 26.6 Å². The van der Waals surface area contributed by atoms with Crippen molar-refractivity contribution in [3.63, 3.8) is 0 Å². The van der Waals surface area contributed by atoms with Gasteiger partial charge in [0.05, 0.1) is 37.7 Å². The number of aromatic nitrogens is 2. The van der Waals surface area contributed by atoms with Crippen molar-refractivity contribution in [3.8, 4) is 5.69 Å². The number of sulfonamides is 2. The molecule has 0 saturated heterocycles. The predicted octanol–water partition coefficient (Wildman–Crippen LogP) is 5.15. The van der Waals surface area contributed by atoms with Crippen LogP contribution in [0.4, 0.5) is 11.4 Å². The number of anilines is 2. The molecule has 0 fully saturated rings. The van der Waals surface area contributed by atoms with E-state index in [1.165, 1.54) is 30.3 Å². The van der Waals surface area contributed by atoms with Crippen LogP contribution in [0.5, 0.6) is 0 Å². The molecule has 8 nitrogen and oxygen atoms in total. The van der Waals surface area contributed by atoms with Crippen LogP contribution in [0.25, 0.3) is 5.69 Å². The summed E-state index contributed by atoms with van der Waals surface area (Å²) in [6, 6.07) is 13.4. The van der Waals surface area contributed by atoms with Gasteiger partial charge in [-0.05, 0) is 60.8 Å². The van der Waals surface area contributed by atoms with Gasteiger partial charge >= 0.3 is 0 Å². The average molecular weight is 543 g/mol. The number of hydrogen-bond acceptors (Lipinski definition) is 6.